The van der Waals surface area contributed by atoms with Crippen LogP contribution in [0.1, 0.15) is 22.8 Å². The van der Waals surface area contributed by atoms with E-state index in [1.807, 2.05) is 6.07 Å². The lowest BCUT2D eigenvalue weighted by Gasteiger charge is -2.09. The van der Waals surface area contributed by atoms with E-state index in [2.05, 4.69) is 20.2 Å². The first-order valence-electron chi connectivity index (χ1n) is 8.49. The Hall–Kier alpha value is -3.23. The first-order valence-corrected chi connectivity index (χ1v) is 10.3. The molecule has 29 heavy (non-hydrogen) atoms. The number of amides is 1. The Morgan fingerprint density at radius 3 is 2.52 bits per heavy atom. The molecule has 0 unspecified atom stereocenters. The fourth-order valence-corrected chi connectivity index (χ4v) is 3.70. The van der Waals surface area contributed by atoms with Crippen molar-refractivity contribution in [3.8, 4) is 0 Å². The van der Waals surface area contributed by atoms with Crippen LogP contribution in [0.4, 0.5) is 5.69 Å². The van der Waals surface area contributed by atoms with E-state index in [1.165, 1.54) is 30.3 Å². The second-order valence-corrected chi connectivity index (χ2v) is 8.14. The van der Waals surface area contributed by atoms with Crippen molar-refractivity contribution in [3.05, 3.63) is 89.2 Å². The van der Waals surface area contributed by atoms with Crippen LogP contribution < -0.4 is 10.1 Å². The minimum atomic E-state index is -3.89. The van der Waals surface area contributed by atoms with E-state index < -0.39 is 15.9 Å². The molecule has 2 N–H and O–H groups in total. The smallest absolute Gasteiger partial charge is 0.271 e. The fraction of sp³-hybridized carbons (Fsp3) is 0.0500. The molecule has 0 atom stereocenters. The standard InChI is InChI=1S/C20H17ClN4O3S/c1-14(16-6-4-10-22-13-16)23-24-20(26)15-5-2-9-19(11-15)29(27,28)25-18-8-3-7-17(21)12-18/h2-13,25H,1H3,(H,24,26)/b23-14+. The number of aromatic nitrogens is 1. The van der Waals surface area contributed by atoms with Crippen LogP contribution in [-0.4, -0.2) is 25.0 Å². The zero-order chi connectivity index (χ0) is 20.9. The van der Waals surface area contributed by atoms with Gasteiger partial charge >= 0.3 is 0 Å². The van der Waals surface area contributed by atoms with Crippen LogP contribution >= 0.6 is 11.6 Å². The van der Waals surface area contributed by atoms with Gasteiger partial charge in [0, 0.05) is 28.5 Å². The first kappa shape index (κ1) is 20.5. The van der Waals surface area contributed by atoms with Gasteiger partial charge in [-0.25, -0.2) is 13.8 Å². The lowest BCUT2D eigenvalue weighted by Crippen LogP contribution is -2.20. The number of hydrazone groups is 1. The number of nitrogens with one attached hydrogen (secondary N) is 2. The number of halogens is 1. The molecule has 0 spiro atoms. The van der Waals surface area contributed by atoms with Crippen molar-refractivity contribution in [1.29, 1.82) is 0 Å². The molecule has 3 aromatic rings. The van der Waals surface area contributed by atoms with Crippen LogP contribution in [0, 0.1) is 0 Å². The highest BCUT2D eigenvalue weighted by Gasteiger charge is 2.16. The molecule has 0 saturated heterocycles. The Morgan fingerprint density at radius 2 is 1.79 bits per heavy atom. The minimum absolute atomic E-state index is 0.0573. The molecule has 7 nitrogen and oxygen atoms in total. The van der Waals surface area contributed by atoms with E-state index in [4.69, 9.17) is 11.6 Å². The van der Waals surface area contributed by atoms with Gasteiger partial charge in [-0.05, 0) is 49.4 Å². The third-order valence-electron chi connectivity index (χ3n) is 3.89. The SMILES string of the molecule is C/C(=N\NC(=O)c1cccc(S(=O)(=O)Nc2cccc(Cl)c2)c1)c1cccnc1. The van der Waals surface area contributed by atoms with E-state index in [-0.39, 0.29) is 10.5 Å². The monoisotopic (exact) mass is 428 g/mol. The highest BCUT2D eigenvalue weighted by Crippen LogP contribution is 2.20. The molecule has 0 aliphatic carbocycles. The lowest BCUT2D eigenvalue weighted by atomic mass is 10.2. The molecule has 148 valence electrons. The van der Waals surface area contributed by atoms with Crippen LogP contribution in [-0.2, 0) is 10.0 Å². The summed E-state index contributed by atoms with van der Waals surface area (Å²) in [5.41, 5.74) is 4.23. The third-order valence-corrected chi connectivity index (χ3v) is 5.50. The Bertz CT molecular complexity index is 1170. The number of nitrogens with zero attached hydrogens (tertiary/aromatic N) is 2. The second-order valence-electron chi connectivity index (χ2n) is 6.02. The molecule has 0 radical (unpaired) electrons. The summed E-state index contributed by atoms with van der Waals surface area (Å²) in [6.45, 7) is 1.73. The van der Waals surface area contributed by atoms with Crippen molar-refractivity contribution in [2.75, 3.05) is 4.72 Å². The van der Waals surface area contributed by atoms with Crippen LogP contribution in [0.15, 0.2) is 83.1 Å². The van der Waals surface area contributed by atoms with Crippen molar-refractivity contribution in [3.63, 3.8) is 0 Å². The average molecular weight is 429 g/mol. The maximum Gasteiger partial charge on any atom is 0.271 e. The zero-order valence-electron chi connectivity index (χ0n) is 15.3. The van der Waals surface area contributed by atoms with Crippen molar-refractivity contribution in [1.82, 2.24) is 10.4 Å². The van der Waals surface area contributed by atoms with Crippen molar-refractivity contribution in [2.24, 2.45) is 5.10 Å². The molecule has 2 aromatic carbocycles. The number of rotatable bonds is 6. The summed E-state index contributed by atoms with van der Waals surface area (Å²) in [6, 6.07) is 15.6. The highest BCUT2D eigenvalue weighted by atomic mass is 35.5. The summed E-state index contributed by atoms with van der Waals surface area (Å²) in [4.78, 5) is 16.3. The van der Waals surface area contributed by atoms with Crippen molar-refractivity contribution in [2.45, 2.75) is 11.8 Å². The largest absolute Gasteiger partial charge is 0.280 e. The van der Waals surface area contributed by atoms with Gasteiger partial charge in [-0.2, -0.15) is 5.10 Å². The molecule has 0 fully saturated rings. The normalized spacial score (nSPS) is 11.7. The summed E-state index contributed by atoms with van der Waals surface area (Å²) >= 11 is 5.89. The molecule has 0 bridgehead atoms. The summed E-state index contributed by atoms with van der Waals surface area (Å²) in [5, 5.41) is 4.44. The molecule has 0 saturated carbocycles. The molecule has 1 heterocycles. The Morgan fingerprint density at radius 1 is 1.03 bits per heavy atom. The number of benzene rings is 2. The van der Waals surface area contributed by atoms with Crippen molar-refractivity contribution >= 4 is 38.9 Å². The topological polar surface area (TPSA) is 101 Å². The van der Waals surface area contributed by atoms with E-state index >= 15 is 0 Å². The van der Waals surface area contributed by atoms with Gasteiger partial charge in [0.25, 0.3) is 15.9 Å². The van der Waals surface area contributed by atoms with E-state index in [9.17, 15) is 13.2 Å². The summed E-state index contributed by atoms with van der Waals surface area (Å²) < 4.78 is 27.7. The van der Waals surface area contributed by atoms with Gasteiger partial charge in [-0.3, -0.25) is 14.5 Å². The first-order chi connectivity index (χ1) is 13.8. The number of carbonyl (C=O) groups is 1. The number of carbonyl (C=O) groups excluding carboxylic acids is 1. The number of hydrogen-bond acceptors (Lipinski definition) is 5. The Kier molecular flexibility index (Phi) is 6.26. The van der Waals surface area contributed by atoms with Crippen LogP contribution in [0.2, 0.25) is 5.02 Å². The van der Waals surface area contributed by atoms with E-state index in [0.717, 1.165) is 5.56 Å². The molecule has 0 aliphatic heterocycles. The number of hydrogen-bond donors (Lipinski definition) is 2. The van der Waals surface area contributed by atoms with E-state index in [0.29, 0.717) is 16.4 Å². The van der Waals surface area contributed by atoms with Gasteiger partial charge in [0.15, 0.2) is 0 Å². The number of pyridine rings is 1. The predicted octanol–water partition coefficient (Wildman–Crippen LogP) is 3.69. The van der Waals surface area contributed by atoms with Crippen LogP contribution in [0.5, 0.6) is 0 Å². The molecule has 0 aliphatic rings. The maximum atomic E-state index is 12.6. The quantitative estimate of drug-likeness (QED) is 0.461. The van der Waals surface area contributed by atoms with Gasteiger partial charge in [0.2, 0.25) is 0 Å². The third kappa shape index (κ3) is 5.40. The highest BCUT2D eigenvalue weighted by molar-refractivity contribution is 7.92. The lowest BCUT2D eigenvalue weighted by molar-refractivity contribution is 0.0954. The fourth-order valence-electron chi connectivity index (χ4n) is 2.41. The molecule has 3 rings (SSSR count). The molecule has 1 amide bonds. The molecule has 1 aromatic heterocycles. The molecule has 9 heteroatoms. The van der Waals surface area contributed by atoms with Crippen LogP contribution in [0.25, 0.3) is 0 Å². The van der Waals surface area contributed by atoms with Gasteiger partial charge in [0.05, 0.1) is 16.3 Å². The average Bonchev–Trinajstić information content (AvgIpc) is 2.72. The Labute approximate surface area is 173 Å². The van der Waals surface area contributed by atoms with Gasteiger partial charge in [0.1, 0.15) is 0 Å². The summed E-state index contributed by atoms with van der Waals surface area (Å²) in [6.07, 6.45) is 3.26. The Balaban J connectivity index is 1.77. The van der Waals surface area contributed by atoms with Crippen molar-refractivity contribution < 1.29 is 13.2 Å². The maximum absolute atomic E-state index is 12.6. The number of sulfonamides is 1. The summed E-state index contributed by atoms with van der Waals surface area (Å²) in [5.74, 6) is -0.534. The minimum Gasteiger partial charge on any atom is -0.280 e. The summed E-state index contributed by atoms with van der Waals surface area (Å²) in [7, 11) is -3.89. The van der Waals surface area contributed by atoms with Gasteiger partial charge < -0.3 is 0 Å². The molecular formula is C20H17ClN4O3S. The molecular weight excluding hydrogens is 412 g/mol. The second kappa shape index (κ2) is 8.85. The van der Waals surface area contributed by atoms with E-state index in [1.54, 1.807) is 43.6 Å². The van der Waals surface area contributed by atoms with Crippen LogP contribution in [0.3, 0.4) is 0 Å². The number of anilines is 1. The zero-order valence-corrected chi connectivity index (χ0v) is 16.9. The van der Waals surface area contributed by atoms with Gasteiger partial charge in [-0.1, -0.05) is 29.8 Å². The predicted molar refractivity (Wildman–Crippen MR) is 113 cm³/mol. The van der Waals surface area contributed by atoms with Gasteiger partial charge in [-0.15, -0.1) is 0 Å².